The lowest BCUT2D eigenvalue weighted by Crippen LogP contribution is -2.03. The number of nitrogens with one attached hydrogen (secondary N) is 1. The first-order chi connectivity index (χ1) is 4.47. The molecule has 2 rings (SSSR count). The summed E-state index contributed by atoms with van der Waals surface area (Å²) in [6.45, 7) is 0.707. The van der Waals surface area contributed by atoms with E-state index in [1.807, 2.05) is 0 Å². The SMILES string of the molecule is C1=IC=IC2=C1OCN2. The Kier molecular flexibility index (Phi) is 1.84. The molecule has 0 bridgehead atoms. The fraction of sp³-hybridized carbons (Fsp3) is 0.200. The van der Waals surface area contributed by atoms with Crippen LogP contribution in [0.3, 0.4) is 0 Å². The van der Waals surface area contributed by atoms with E-state index in [1.54, 1.807) is 0 Å². The van der Waals surface area contributed by atoms with Gasteiger partial charge in [0.15, 0.2) is 12.5 Å². The quantitative estimate of drug-likeness (QED) is 0.525. The summed E-state index contributed by atoms with van der Waals surface area (Å²) in [5.74, 6) is 1.16. The minimum atomic E-state index is 0.207. The van der Waals surface area contributed by atoms with Crippen molar-refractivity contribution in [2.75, 3.05) is 6.73 Å². The van der Waals surface area contributed by atoms with Gasteiger partial charge >= 0.3 is 0 Å². The van der Waals surface area contributed by atoms with Crippen LogP contribution >= 0.6 is 41.5 Å². The van der Waals surface area contributed by atoms with Gasteiger partial charge in [-0.3, -0.25) is 0 Å². The second-order valence-electron chi connectivity index (χ2n) is 1.57. The molecule has 0 amide bonds. The Labute approximate surface area is 73.2 Å². The van der Waals surface area contributed by atoms with E-state index in [-0.39, 0.29) is 41.5 Å². The molecule has 0 atom stereocenters. The highest BCUT2D eigenvalue weighted by Gasteiger charge is 2.11. The van der Waals surface area contributed by atoms with E-state index in [4.69, 9.17) is 4.74 Å². The molecule has 50 valence electrons. The van der Waals surface area contributed by atoms with Crippen LogP contribution in [0, 0.1) is 0 Å². The smallest absolute Gasteiger partial charge is 0.159 e. The Hall–Kier alpha value is 0.540. The Morgan fingerprint density at radius 3 is 3.56 bits per heavy atom. The van der Waals surface area contributed by atoms with Gasteiger partial charge in [-0.1, -0.05) is 41.5 Å². The molecule has 0 spiro atoms. The Morgan fingerprint density at radius 2 is 2.67 bits per heavy atom. The number of halogens is 2. The van der Waals surface area contributed by atoms with Gasteiger partial charge in [-0.2, -0.15) is 0 Å². The van der Waals surface area contributed by atoms with Crippen molar-refractivity contribution in [3.8, 4) is 0 Å². The van der Waals surface area contributed by atoms with E-state index < -0.39 is 0 Å². The molecule has 0 aliphatic carbocycles. The molecule has 2 nitrogen and oxygen atoms in total. The topological polar surface area (TPSA) is 21.3 Å². The van der Waals surface area contributed by atoms with E-state index in [2.05, 4.69) is 11.3 Å². The van der Waals surface area contributed by atoms with Crippen LogP contribution in [-0.4, -0.2) is 12.8 Å². The van der Waals surface area contributed by atoms with Gasteiger partial charge in [0, 0.05) is 6.03 Å². The van der Waals surface area contributed by atoms with E-state index in [0.29, 0.717) is 6.73 Å². The predicted octanol–water partition coefficient (Wildman–Crippen LogP) is 1.25. The summed E-state index contributed by atoms with van der Waals surface area (Å²) in [4.78, 5) is 0. The number of hydrogen-bond donors (Lipinski definition) is 1. The first-order valence-corrected chi connectivity index (χ1v) is 7.29. The lowest BCUT2D eigenvalue weighted by molar-refractivity contribution is 0.252. The number of ether oxygens (including phenoxy) is 1. The van der Waals surface area contributed by atoms with Crippen molar-refractivity contribution < 1.29 is 4.74 Å². The van der Waals surface area contributed by atoms with Gasteiger partial charge in [0.25, 0.3) is 0 Å². The molecule has 0 radical (unpaired) electrons. The van der Waals surface area contributed by atoms with Gasteiger partial charge in [0.05, 0.1) is 0 Å². The van der Waals surface area contributed by atoms with Gasteiger partial charge in [0.2, 0.25) is 0 Å². The Balaban J connectivity index is 2.41. The van der Waals surface area contributed by atoms with Crippen molar-refractivity contribution in [2.45, 2.75) is 0 Å². The van der Waals surface area contributed by atoms with E-state index in [9.17, 15) is 0 Å². The first kappa shape index (κ1) is 6.26. The van der Waals surface area contributed by atoms with Crippen molar-refractivity contribution in [1.29, 1.82) is 0 Å². The van der Waals surface area contributed by atoms with Crippen molar-refractivity contribution in [2.24, 2.45) is 0 Å². The van der Waals surface area contributed by atoms with Crippen molar-refractivity contribution >= 4 is 47.5 Å². The van der Waals surface area contributed by atoms with Crippen LogP contribution in [0.25, 0.3) is 0 Å². The first-order valence-electron chi connectivity index (χ1n) is 2.48. The van der Waals surface area contributed by atoms with Gasteiger partial charge in [0.1, 0.15) is 3.70 Å². The summed E-state index contributed by atoms with van der Waals surface area (Å²) in [5.41, 5.74) is 0. The molecule has 0 aromatic heterocycles. The van der Waals surface area contributed by atoms with E-state index >= 15 is 0 Å². The maximum Gasteiger partial charge on any atom is 0.159 e. The van der Waals surface area contributed by atoms with Crippen molar-refractivity contribution in [3.05, 3.63) is 9.46 Å². The highest BCUT2D eigenvalue weighted by atomic mass is 127. The Bertz CT molecular complexity index is 197. The standard InChI is InChI=1S/C5H5I2NO/c1-4-5(7-2-6-1)8-3-9-4/h1-2,8H,3H2. The third-order valence-corrected chi connectivity index (χ3v) is 7.40. The molecular formula is C5H5I2NO. The molecule has 0 aromatic carbocycles. The van der Waals surface area contributed by atoms with Crippen LogP contribution < -0.4 is 5.32 Å². The molecule has 2 aliphatic rings. The minimum absolute atomic E-state index is 0.207. The average molecular weight is 349 g/mol. The van der Waals surface area contributed by atoms with Gasteiger partial charge < -0.3 is 10.1 Å². The second kappa shape index (κ2) is 2.65. The summed E-state index contributed by atoms with van der Waals surface area (Å²) >= 11 is 0.464. The monoisotopic (exact) mass is 349 g/mol. The maximum absolute atomic E-state index is 5.30. The van der Waals surface area contributed by atoms with Gasteiger partial charge in [-0.05, 0) is 0 Å². The maximum atomic E-state index is 5.30. The largest absolute Gasteiger partial charge is 0.470 e. The summed E-state index contributed by atoms with van der Waals surface area (Å²) < 4.78 is 11.4. The summed E-state index contributed by atoms with van der Waals surface area (Å²) in [5, 5.41) is 3.22. The van der Waals surface area contributed by atoms with Gasteiger partial charge in [-0.15, -0.1) is 0 Å². The second-order valence-corrected chi connectivity index (χ2v) is 8.24. The molecule has 2 heterocycles. The molecular weight excluding hydrogens is 344 g/mol. The average Bonchev–Trinajstić information content (AvgIpc) is 2.33. The van der Waals surface area contributed by atoms with E-state index in [1.165, 1.54) is 3.70 Å². The van der Waals surface area contributed by atoms with Crippen LogP contribution in [-0.2, 0) is 4.74 Å². The molecule has 4 heteroatoms. The molecule has 9 heavy (non-hydrogen) atoms. The molecule has 1 N–H and O–H groups in total. The zero-order chi connectivity index (χ0) is 6.10. The van der Waals surface area contributed by atoms with E-state index in [0.717, 1.165) is 5.76 Å². The van der Waals surface area contributed by atoms with Crippen LogP contribution in [0.5, 0.6) is 0 Å². The molecule has 0 aromatic rings. The normalized spacial score (nSPS) is 23.1. The molecule has 0 fully saturated rings. The molecule has 0 saturated carbocycles. The number of rotatable bonds is 0. The van der Waals surface area contributed by atoms with Crippen LogP contribution in [0.2, 0.25) is 0 Å². The zero-order valence-corrected chi connectivity index (χ0v) is 8.84. The molecule has 0 saturated heterocycles. The Morgan fingerprint density at radius 1 is 1.67 bits per heavy atom. The van der Waals surface area contributed by atoms with Gasteiger partial charge in [-0.25, -0.2) is 0 Å². The van der Waals surface area contributed by atoms with Crippen molar-refractivity contribution in [1.82, 2.24) is 5.32 Å². The third-order valence-electron chi connectivity index (χ3n) is 1.03. The number of allylic oxidation sites excluding steroid dienone is 1. The number of hydrogen-bond acceptors (Lipinski definition) is 2. The highest BCUT2D eigenvalue weighted by Crippen LogP contribution is 2.26. The molecule has 0 unspecified atom stereocenters. The summed E-state index contributed by atoms with van der Waals surface area (Å²) in [7, 11) is 0. The lowest BCUT2D eigenvalue weighted by atomic mass is 10.6. The summed E-state index contributed by atoms with van der Waals surface area (Å²) in [6.07, 6.45) is 0. The lowest BCUT2D eigenvalue weighted by Gasteiger charge is -1.95. The molecule has 2 aliphatic heterocycles. The fourth-order valence-corrected chi connectivity index (χ4v) is 6.96. The summed E-state index contributed by atoms with van der Waals surface area (Å²) in [6, 6.07) is 0. The van der Waals surface area contributed by atoms with Crippen LogP contribution in [0.4, 0.5) is 0 Å². The minimum Gasteiger partial charge on any atom is -0.470 e. The van der Waals surface area contributed by atoms with Crippen LogP contribution in [0.1, 0.15) is 0 Å². The highest BCUT2D eigenvalue weighted by molar-refractivity contribution is 14.3. The predicted molar refractivity (Wildman–Crippen MR) is 56.3 cm³/mol. The third kappa shape index (κ3) is 1.19. The zero-order valence-electron chi connectivity index (χ0n) is 4.53. The van der Waals surface area contributed by atoms with Crippen molar-refractivity contribution in [3.63, 3.8) is 0 Å². The van der Waals surface area contributed by atoms with Crippen LogP contribution in [0.15, 0.2) is 9.46 Å². The fourth-order valence-electron chi connectivity index (χ4n) is 0.645.